The largest absolute Gasteiger partial charge is 0.408 e. The molecule has 0 fully saturated rings. The minimum atomic E-state index is -4.57. The molecule has 0 saturated carbocycles. The third kappa shape index (κ3) is 6.71. The molecule has 0 aliphatic carbocycles. The molecular formula is C16H21F3N2O2. The van der Waals surface area contributed by atoms with E-state index in [1.54, 1.807) is 51.1 Å². The van der Waals surface area contributed by atoms with Gasteiger partial charge in [-0.3, -0.25) is 9.59 Å². The van der Waals surface area contributed by atoms with Crippen LogP contribution in [0.5, 0.6) is 0 Å². The minimum Gasteiger partial charge on any atom is -0.347 e. The fourth-order valence-corrected chi connectivity index (χ4v) is 1.77. The topological polar surface area (TPSA) is 58.2 Å². The molecule has 0 aliphatic rings. The van der Waals surface area contributed by atoms with E-state index in [4.69, 9.17) is 0 Å². The second-order valence-corrected chi connectivity index (χ2v) is 6.28. The van der Waals surface area contributed by atoms with Crippen molar-refractivity contribution in [3.63, 3.8) is 0 Å². The summed E-state index contributed by atoms with van der Waals surface area (Å²) in [7, 11) is 0. The van der Waals surface area contributed by atoms with Crippen molar-refractivity contribution in [2.45, 2.75) is 39.4 Å². The van der Waals surface area contributed by atoms with E-state index in [1.165, 1.54) is 0 Å². The smallest absolute Gasteiger partial charge is 0.347 e. The SMILES string of the molecule is CC(C)(C)C(=O)NCC(=O)N[C@@H](Cc1ccccc1)C(F)(F)F. The second-order valence-electron chi connectivity index (χ2n) is 6.28. The van der Waals surface area contributed by atoms with E-state index >= 15 is 0 Å². The molecule has 2 N–H and O–H groups in total. The second kappa shape index (κ2) is 7.48. The molecule has 1 aromatic carbocycles. The van der Waals surface area contributed by atoms with Crippen molar-refractivity contribution in [3.05, 3.63) is 35.9 Å². The van der Waals surface area contributed by atoms with E-state index in [0.29, 0.717) is 5.56 Å². The molecule has 0 bridgehead atoms. The molecule has 1 atom stereocenters. The van der Waals surface area contributed by atoms with Gasteiger partial charge in [-0.05, 0) is 5.56 Å². The Morgan fingerprint density at radius 3 is 2.13 bits per heavy atom. The van der Waals surface area contributed by atoms with Gasteiger partial charge in [0.25, 0.3) is 0 Å². The zero-order chi connectivity index (χ0) is 17.7. The van der Waals surface area contributed by atoms with E-state index in [0.717, 1.165) is 0 Å². The Morgan fingerprint density at radius 1 is 1.09 bits per heavy atom. The first-order chi connectivity index (χ1) is 10.5. The first-order valence-electron chi connectivity index (χ1n) is 7.18. The van der Waals surface area contributed by atoms with Crippen molar-refractivity contribution in [1.82, 2.24) is 10.6 Å². The lowest BCUT2D eigenvalue weighted by atomic mass is 9.96. The van der Waals surface area contributed by atoms with Gasteiger partial charge in [0.15, 0.2) is 0 Å². The predicted molar refractivity (Wildman–Crippen MR) is 80.6 cm³/mol. The number of benzene rings is 1. The summed E-state index contributed by atoms with van der Waals surface area (Å²) in [4.78, 5) is 23.3. The van der Waals surface area contributed by atoms with E-state index in [9.17, 15) is 22.8 Å². The highest BCUT2D eigenvalue weighted by Gasteiger charge is 2.40. The molecule has 23 heavy (non-hydrogen) atoms. The van der Waals surface area contributed by atoms with Crippen LogP contribution in [0.3, 0.4) is 0 Å². The lowest BCUT2D eigenvalue weighted by Gasteiger charge is -2.23. The van der Waals surface area contributed by atoms with E-state index in [-0.39, 0.29) is 6.42 Å². The minimum absolute atomic E-state index is 0.358. The molecule has 7 heteroatoms. The summed E-state index contributed by atoms with van der Waals surface area (Å²) in [5, 5.41) is 4.26. The standard InChI is InChI=1S/C16H21F3N2O2/c1-15(2,3)14(23)20-10-13(22)21-12(16(17,18)19)9-11-7-5-4-6-8-11/h4-8,12H,9-10H2,1-3H3,(H,20,23)(H,21,22)/t12-/m0/s1. The Balaban J connectivity index is 2.64. The van der Waals surface area contributed by atoms with Gasteiger partial charge in [-0.1, -0.05) is 51.1 Å². The van der Waals surface area contributed by atoms with Crippen molar-refractivity contribution in [1.29, 1.82) is 0 Å². The Hall–Kier alpha value is -2.05. The quantitative estimate of drug-likeness (QED) is 0.871. The fraction of sp³-hybridized carbons (Fsp3) is 0.500. The van der Waals surface area contributed by atoms with Crippen LogP contribution >= 0.6 is 0 Å². The van der Waals surface area contributed by atoms with Gasteiger partial charge >= 0.3 is 6.18 Å². The highest BCUT2D eigenvalue weighted by molar-refractivity contribution is 5.87. The van der Waals surface area contributed by atoms with Crippen LogP contribution < -0.4 is 10.6 Å². The first kappa shape index (κ1) is 19.0. The Morgan fingerprint density at radius 2 is 1.65 bits per heavy atom. The van der Waals surface area contributed by atoms with Crippen molar-refractivity contribution in [2.75, 3.05) is 6.54 Å². The van der Waals surface area contributed by atoms with Crippen LogP contribution in [0.4, 0.5) is 13.2 Å². The summed E-state index contributed by atoms with van der Waals surface area (Å²) >= 11 is 0. The Labute approximate surface area is 133 Å². The summed E-state index contributed by atoms with van der Waals surface area (Å²) in [6.07, 6.45) is -4.93. The van der Waals surface area contributed by atoms with Gasteiger partial charge in [0.1, 0.15) is 6.04 Å². The Kier molecular flexibility index (Phi) is 6.18. The number of carbonyl (C=O) groups is 2. The molecular weight excluding hydrogens is 309 g/mol. The maximum Gasteiger partial charge on any atom is 0.408 e. The van der Waals surface area contributed by atoms with Crippen LogP contribution in [0.15, 0.2) is 30.3 Å². The summed E-state index contributed by atoms with van der Waals surface area (Å²) in [5.74, 6) is -1.28. The lowest BCUT2D eigenvalue weighted by molar-refractivity contribution is -0.161. The van der Waals surface area contributed by atoms with Gasteiger partial charge in [-0.15, -0.1) is 0 Å². The van der Waals surface area contributed by atoms with Gasteiger partial charge in [-0.2, -0.15) is 13.2 Å². The zero-order valence-electron chi connectivity index (χ0n) is 13.3. The number of halogens is 3. The fourth-order valence-electron chi connectivity index (χ4n) is 1.77. The van der Waals surface area contributed by atoms with Crippen LogP contribution in [-0.4, -0.2) is 30.6 Å². The van der Waals surface area contributed by atoms with E-state index < -0.39 is 36.0 Å². The normalized spacial score (nSPS) is 13.3. The first-order valence-corrected chi connectivity index (χ1v) is 7.18. The summed E-state index contributed by atoms with van der Waals surface area (Å²) in [6.45, 7) is 4.45. The maximum absolute atomic E-state index is 13.1. The number of hydrogen-bond donors (Lipinski definition) is 2. The monoisotopic (exact) mass is 330 g/mol. The van der Waals surface area contributed by atoms with Gasteiger partial charge in [-0.25, -0.2) is 0 Å². The molecule has 4 nitrogen and oxygen atoms in total. The van der Waals surface area contributed by atoms with Gasteiger partial charge in [0.2, 0.25) is 11.8 Å². The number of amides is 2. The molecule has 0 heterocycles. The van der Waals surface area contributed by atoms with Gasteiger partial charge < -0.3 is 10.6 Å². The number of alkyl halides is 3. The molecule has 1 rings (SSSR count). The van der Waals surface area contributed by atoms with Crippen molar-refractivity contribution >= 4 is 11.8 Å². The van der Waals surface area contributed by atoms with Crippen LogP contribution in [0.2, 0.25) is 0 Å². The third-order valence-corrected chi connectivity index (χ3v) is 3.10. The molecule has 0 spiro atoms. The number of nitrogens with one attached hydrogen (secondary N) is 2. The van der Waals surface area contributed by atoms with E-state index in [2.05, 4.69) is 5.32 Å². The molecule has 0 aromatic heterocycles. The molecule has 0 unspecified atom stereocenters. The zero-order valence-corrected chi connectivity index (χ0v) is 13.3. The molecule has 128 valence electrons. The predicted octanol–water partition coefficient (Wildman–Crippen LogP) is 2.44. The molecule has 2 amide bonds. The van der Waals surface area contributed by atoms with Crippen LogP contribution in [0.25, 0.3) is 0 Å². The van der Waals surface area contributed by atoms with Gasteiger partial charge in [0, 0.05) is 11.8 Å². The van der Waals surface area contributed by atoms with Crippen LogP contribution in [-0.2, 0) is 16.0 Å². The van der Waals surface area contributed by atoms with Crippen molar-refractivity contribution in [3.8, 4) is 0 Å². The van der Waals surface area contributed by atoms with Crippen molar-refractivity contribution in [2.24, 2.45) is 5.41 Å². The Bertz CT molecular complexity index is 536. The number of carbonyl (C=O) groups excluding carboxylic acids is 2. The molecule has 0 radical (unpaired) electrons. The average molecular weight is 330 g/mol. The average Bonchev–Trinajstić information content (AvgIpc) is 2.43. The highest BCUT2D eigenvalue weighted by atomic mass is 19.4. The maximum atomic E-state index is 13.1. The summed E-state index contributed by atoms with van der Waals surface area (Å²) in [5.41, 5.74) is -0.248. The van der Waals surface area contributed by atoms with Gasteiger partial charge in [0.05, 0.1) is 6.54 Å². The molecule has 0 saturated heterocycles. The lowest BCUT2D eigenvalue weighted by Crippen LogP contribution is -2.50. The third-order valence-electron chi connectivity index (χ3n) is 3.10. The number of hydrogen-bond acceptors (Lipinski definition) is 2. The van der Waals surface area contributed by atoms with E-state index in [1.807, 2.05) is 5.32 Å². The molecule has 0 aliphatic heterocycles. The number of rotatable bonds is 5. The summed E-state index contributed by atoms with van der Waals surface area (Å²) in [6, 6.07) is 6.09. The van der Waals surface area contributed by atoms with Crippen LogP contribution in [0.1, 0.15) is 26.3 Å². The van der Waals surface area contributed by atoms with Crippen LogP contribution in [0, 0.1) is 5.41 Å². The highest BCUT2D eigenvalue weighted by Crippen LogP contribution is 2.23. The van der Waals surface area contributed by atoms with Crippen molar-refractivity contribution < 1.29 is 22.8 Å². The summed E-state index contributed by atoms with van der Waals surface area (Å²) < 4.78 is 39.2. The molecule has 1 aromatic rings.